The van der Waals surface area contributed by atoms with Crippen LogP contribution in [-0.4, -0.2) is 45.0 Å². The molecule has 1 heterocycles. The van der Waals surface area contributed by atoms with Crippen molar-refractivity contribution in [3.8, 4) is 5.75 Å². The van der Waals surface area contributed by atoms with Gasteiger partial charge < -0.3 is 4.74 Å². The molecule has 6 heteroatoms. The number of methoxy groups -OCH3 is 1. The fraction of sp³-hybridized carbons (Fsp3) is 0.538. The third-order valence-electron chi connectivity index (χ3n) is 3.49. The number of benzene rings is 1. The van der Waals surface area contributed by atoms with Crippen LogP contribution in [0.1, 0.15) is 12.0 Å². The van der Waals surface area contributed by atoms with Crippen LogP contribution in [0, 0.1) is 0 Å². The smallest absolute Gasteiger partial charge is 0.151 e. The lowest BCUT2D eigenvalue weighted by atomic mass is 10.1. The molecule has 0 radical (unpaired) electrons. The lowest BCUT2D eigenvalue weighted by Crippen LogP contribution is -2.32. The summed E-state index contributed by atoms with van der Waals surface area (Å²) in [4.78, 5) is 2.05. The molecule has 0 saturated carbocycles. The van der Waals surface area contributed by atoms with Crippen LogP contribution < -0.4 is 4.74 Å². The van der Waals surface area contributed by atoms with Gasteiger partial charge in [0.25, 0.3) is 0 Å². The molecule has 1 aliphatic rings. The van der Waals surface area contributed by atoms with Gasteiger partial charge in [-0.15, -0.1) is 0 Å². The highest BCUT2D eigenvalue weighted by molar-refractivity contribution is 7.91. The van der Waals surface area contributed by atoms with Crippen LogP contribution in [0.3, 0.4) is 0 Å². The number of ether oxygens (including phenoxy) is 1. The summed E-state index contributed by atoms with van der Waals surface area (Å²) in [7, 11) is 0.699. The van der Waals surface area contributed by atoms with Gasteiger partial charge in [-0.2, -0.15) is 0 Å². The zero-order valence-corrected chi connectivity index (χ0v) is 12.7. The van der Waals surface area contributed by atoms with E-state index in [1.807, 2.05) is 19.2 Å². The van der Waals surface area contributed by atoms with Gasteiger partial charge in [0.15, 0.2) is 9.84 Å². The fourth-order valence-corrected chi connectivity index (χ4v) is 4.39. The molecule has 0 unspecified atom stereocenters. The summed E-state index contributed by atoms with van der Waals surface area (Å²) in [5.74, 6) is 1.30. The predicted octanol–water partition coefficient (Wildman–Crippen LogP) is 1.97. The highest BCUT2D eigenvalue weighted by Crippen LogP contribution is 2.26. The molecule has 106 valence electrons. The van der Waals surface area contributed by atoms with Crippen LogP contribution in [-0.2, 0) is 16.4 Å². The lowest BCUT2D eigenvalue weighted by Gasteiger charge is -2.24. The van der Waals surface area contributed by atoms with Gasteiger partial charge in [0.2, 0.25) is 0 Å². The largest absolute Gasteiger partial charge is 0.496 e. The Labute approximate surface area is 119 Å². The second-order valence-corrected chi connectivity index (χ2v) is 7.59. The molecule has 1 aromatic rings. The van der Waals surface area contributed by atoms with E-state index < -0.39 is 9.84 Å². The molecule has 4 nitrogen and oxygen atoms in total. The molecule has 0 aromatic heterocycles. The van der Waals surface area contributed by atoms with Crippen molar-refractivity contribution < 1.29 is 13.2 Å². The average Bonchev–Trinajstić information content (AvgIpc) is 2.70. The number of nitrogens with zero attached hydrogens (tertiary/aromatic N) is 1. The second-order valence-electron chi connectivity index (χ2n) is 4.93. The summed E-state index contributed by atoms with van der Waals surface area (Å²) in [6.07, 6.45) is 0.696. The summed E-state index contributed by atoms with van der Waals surface area (Å²) in [6, 6.07) is 5.55. The van der Waals surface area contributed by atoms with Gasteiger partial charge in [-0.25, -0.2) is 8.42 Å². The molecule has 1 fully saturated rings. The molecule has 0 spiro atoms. The molecule has 1 saturated heterocycles. The number of sulfone groups is 1. The molecule has 0 N–H and O–H groups in total. The van der Waals surface area contributed by atoms with Gasteiger partial charge in [0.1, 0.15) is 5.75 Å². The molecular formula is C13H18ClNO3S. The Bertz CT molecular complexity index is 559. The van der Waals surface area contributed by atoms with Crippen molar-refractivity contribution in [1.29, 1.82) is 0 Å². The third kappa shape index (κ3) is 3.61. The Morgan fingerprint density at radius 2 is 2.21 bits per heavy atom. The van der Waals surface area contributed by atoms with Crippen LogP contribution in [0.4, 0.5) is 0 Å². The first-order chi connectivity index (χ1) is 8.91. The minimum Gasteiger partial charge on any atom is -0.496 e. The van der Waals surface area contributed by atoms with Gasteiger partial charge >= 0.3 is 0 Å². The average molecular weight is 304 g/mol. The predicted molar refractivity (Wildman–Crippen MR) is 76.5 cm³/mol. The first-order valence-electron chi connectivity index (χ1n) is 6.14. The van der Waals surface area contributed by atoms with Gasteiger partial charge in [0.05, 0.1) is 18.6 Å². The second kappa shape index (κ2) is 5.69. The summed E-state index contributed by atoms with van der Waals surface area (Å²) in [5, 5.41) is 0.656. The Morgan fingerprint density at radius 1 is 1.47 bits per heavy atom. The maximum atomic E-state index is 11.5. The van der Waals surface area contributed by atoms with E-state index in [9.17, 15) is 8.42 Å². The quantitative estimate of drug-likeness (QED) is 0.853. The van der Waals surface area contributed by atoms with E-state index in [4.69, 9.17) is 16.3 Å². The van der Waals surface area contributed by atoms with Gasteiger partial charge in [-0.05, 0) is 31.7 Å². The van der Waals surface area contributed by atoms with E-state index in [1.54, 1.807) is 13.2 Å². The Kier molecular flexibility index (Phi) is 4.38. The molecule has 0 aliphatic carbocycles. The zero-order chi connectivity index (χ0) is 14.0. The minimum absolute atomic E-state index is 0.0775. The van der Waals surface area contributed by atoms with Crippen molar-refractivity contribution >= 4 is 21.4 Å². The summed E-state index contributed by atoms with van der Waals surface area (Å²) < 4.78 is 28.3. The fourth-order valence-electron chi connectivity index (χ4n) is 2.39. The molecule has 19 heavy (non-hydrogen) atoms. The van der Waals surface area contributed by atoms with Crippen LogP contribution in [0.15, 0.2) is 18.2 Å². The molecule has 0 bridgehead atoms. The third-order valence-corrected chi connectivity index (χ3v) is 5.48. The highest BCUT2D eigenvalue weighted by Gasteiger charge is 2.30. The molecular weight excluding hydrogens is 286 g/mol. The van der Waals surface area contributed by atoms with Gasteiger partial charge in [-0.1, -0.05) is 11.6 Å². The number of hydrogen-bond acceptors (Lipinski definition) is 4. The van der Waals surface area contributed by atoms with Gasteiger partial charge in [0, 0.05) is 23.2 Å². The van der Waals surface area contributed by atoms with E-state index in [1.165, 1.54) is 0 Å². The summed E-state index contributed by atoms with van der Waals surface area (Å²) in [5.41, 5.74) is 0.974. The Balaban J connectivity index is 2.11. The Morgan fingerprint density at radius 3 is 2.79 bits per heavy atom. The lowest BCUT2D eigenvalue weighted by molar-refractivity contribution is 0.250. The van der Waals surface area contributed by atoms with Crippen molar-refractivity contribution in [2.45, 2.75) is 19.0 Å². The monoisotopic (exact) mass is 303 g/mol. The van der Waals surface area contributed by atoms with Crippen LogP contribution in [0.2, 0.25) is 5.02 Å². The first kappa shape index (κ1) is 14.6. The van der Waals surface area contributed by atoms with E-state index in [2.05, 4.69) is 4.90 Å². The standard InChI is InChI=1S/C13H18ClNO3S/c1-15(12-5-6-19(16,17)9-12)8-10-7-11(14)3-4-13(10)18-2/h3-4,7,12H,5-6,8-9H2,1-2H3/t12-/m0/s1. The molecule has 0 amide bonds. The number of rotatable bonds is 4. The van der Waals surface area contributed by atoms with Crippen molar-refractivity contribution in [2.24, 2.45) is 0 Å². The van der Waals surface area contributed by atoms with Crippen molar-refractivity contribution in [3.63, 3.8) is 0 Å². The maximum absolute atomic E-state index is 11.5. The molecule has 1 aliphatic heterocycles. The summed E-state index contributed by atoms with van der Waals surface area (Å²) >= 11 is 5.99. The van der Waals surface area contributed by atoms with E-state index in [0.29, 0.717) is 18.0 Å². The SMILES string of the molecule is COc1ccc(Cl)cc1CN(C)[C@H]1CCS(=O)(=O)C1. The Hall–Kier alpha value is -0.780. The van der Waals surface area contributed by atoms with Crippen molar-refractivity contribution in [3.05, 3.63) is 28.8 Å². The van der Waals surface area contributed by atoms with E-state index in [-0.39, 0.29) is 17.5 Å². The van der Waals surface area contributed by atoms with Gasteiger partial charge in [-0.3, -0.25) is 4.90 Å². The maximum Gasteiger partial charge on any atom is 0.151 e. The number of halogens is 1. The first-order valence-corrected chi connectivity index (χ1v) is 8.34. The zero-order valence-electron chi connectivity index (χ0n) is 11.1. The highest BCUT2D eigenvalue weighted by atomic mass is 35.5. The number of hydrogen-bond donors (Lipinski definition) is 0. The van der Waals surface area contributed by atoms with Crippen molar-refractivity contribution in [2.75, 3.05) is 25.7 Å². The van der Waals surface area contributed by atoms with Crippen LogP contribution >= 0.6 is 11.6 Å². The van der Waals surface area contributed by atoms with E-state index in [0.717, 1.165) is 11.3 Å². The molecule has 1 aromatic carbocycles. The van der Waals surface area contributed by atoms with Crippen LogP contribution in [0.5, 0.6) is 5.75 Å². The van der Waals surface area contributed by atoms with Crippen molar-refractivity contribution in [1.82, 2.24) is 4.90 Å². The topological polar surface area (TPSA) is 46.6 Å². The van der Waals surface area contributed by atoms with Crippen LogP contribution in [0.25, 0.3) is 0 Å². The van der Waals surface area contributed by atoms with E-state index >= 15 is 0 Å². The molecule has 1 atom stereocenters. The normalized spacial score (nSPS) is 21.8. The molecule has 2 rings (SSSR count). The summed E-state index contributed by atoms with van der Waals surface area (Å²) in [6.45, 7) is 0.629. The minimum atomic E-state index is -2.86.